The predicted octanol–water partition coefficient (Wildman–Crippen LogP) is 2.98. The molecule has 0 atom stereocenters. The van der Waals surface area contributed by atoms with Crippen molar-refractivity contribution in [3.63, 3.8) is 0 Å². The zero-order valence-corrected chi connectivity index (χ0v) is 15.9. The van der Waals surface area contributed by atoms with E-state index in [4.69, 9.17) is 4.74 Å². The van der Waals surface area contributed by atoms with Crippen LogP contribution in [0.3, 0.4) is 0 Å². The maximum atomic E-state index is 4.85. The summed E-state index contributed by atoms with van der Waals surface area (Å²) in [5, 5.41) is 0. The summed E-state index contributed by atoms with van der Waals surface area (Å²) in [6, 6.07) is 10.9. The first-order chi connectivity index (χ1) is 5.93. The Balaban J connectivity index is 0. The van der Waals surface area contributed by atoms with Crippen LogP contribution >= 0.6 is 27.2 Å². The van der Waals surface area contributed by atoms with E-state index in [1.165, 1.54) is 32.7 Å². The van der Waals surface area contributed by atoms with Gasteiger partial charge in [-0.15, -0.1) is 5.75 Å². The van der Waals surface area contributed by atoms with E-state index in [-0.39, 0.29) is 0 Å². The van der Waals surface area contributed by atoms with Gasteiger partial charge in [0.25, 0.3) is 0 Å². The topological polar surface area (TPSA) is 9.23 Å². The molecule has 0 amide bonds. The van der Waals surface area contributed by atoms with E-state index >= 15 is 0 Å². The summed E-state index contributed by atoms with van der Waals surface area (Å²) < 4.78 is 4.85. The third kappa shape index (κ3) is 9.32. The van der Waals surface area contributed by atoms with Gasteiger partial charge in [0.05, 0.1) is 0 Å². The van der Waals surface area contributed by atoms with Crippen LogP contribution in [0.1, 0.15) is 0 Å². The summed E-state index contributed by atoms with van der Waals surface area (Å²) in [5.41, 5.74) is 0. The van der Waals surface area contributed by atoms with E-state index < -0.39 is 0 Å². The van der Waals surface area contributed by atoms with Crippen LogP contribution < -0.4 is 4.74 Å². The third-order valence-corrected chi connectivity index (χ3v) is 0.854. The average Bonchev–Trinajstić information content (AvgIpc) is 2.25. The first-order valence-corrected chi connectivity index (χ1v) is 16.8. The molecule has 0 spiro atoms. The Hall–Kier alpha value is 1.23. The standard InChI is InChI=1S/C7H6O.2BrH.2Zn/c1-8-7-5-3-2-4-6-7;;;;/h2,5-6H,1H3;2*1H;;/q-2;;;2*+2/p-2. The predicted molar refractivity (Wildman–Crippen MR) is 48.5 cm³/mol. The number of halogens is 2. The molecule has 1 aromatic rings. The molecule has 12 heavy (non-hydrogen) atoms. The van der Waals surface area contributed by atoms with Gasteiger partial charge in [-0.05, 0) is 0 Å². The van der Waals surface area contributed by atoms with Gasteiger partial charge in [0, 0.05) is 7.11 Å². The summed E-state index contributed by atoms with van der Waals surface area (Å²) in [4.78, 5) is 0. The molecule has 1 rings (SSSR count). The van der Waals surface area contributed by atoms with Gasteiger partial charge in [-0.3, -0.25) is 12.1 Å². The zero-order chi connectivity index (χ0) is 9.82. The second-order valence-corrected chi connectivity index (χ2v) is 1.37. The van der Waals surface area contributed by atoms with Crippen molar-refractivity contribution in [1.82, 2.24) is 0 Å². The summed E-state index contributed by atoms with van der Waals surface area (Å²) >= 11 is 8.50. The second kappa shape index (κ2) is 14.7. The van der Waals surface area contributed by atoms with E-state index in [1.54, 1.807) is 25.3 Å². The molecule has 0 bridgehead atoms. The minimum absolute atomic E-state index is 0.799. The van der Waals surface area contributed by atoms with Crippen molar-refractivity contribution < 1.29 is 37.4 Å². The van der Waals surface area contributed by atoms with Crippen molar-refractivity contribution in [3.8, 4) is 5.75 Å². The Morgan fingerprint density at radius 3 is 1.83 bits per heavy atom. The van der Waals surface area contributed by atoms with Crippen molar-refractivity contribution in [2.24, 2.45) is 0 Å². The molecular formula is C7H6Br2OZn2. The van der Waals surface area contributed by atoms with Gasteiger partial charge in [-0.2, -0.15) is 0 Å². The molecular weight excluding hydrogens is 391 g/mol. The monoisotopic (exact) mass is 392 g/mol. The molecule has 5 heteroatoms. The van der Waals surface area contributed by atoms with Gasteiger partial charge in [-0.1, -0.05) is 0 Å². The molecule has 58 valence electrons. The molecule has 0 aliphatic carbocycles. The number of ether oxygens (including phenoxy) is 1. The molecule has 0 fully saturated rings. The van der Waals surface area contributed by atoms with E-state index in [2.05, 4.69) is 39.4 Å². The Morgan fingerprint density at radius 2 is 1.58 bits per heavy atom. The SMILES string of the molecule is COc1c[c-]c[c-]c1.[Zn+][Br].[Zn+][Br]. The van der Waals surface area contributed by atoms with Crippen LogP contribution in [0.5, 0.6) is 5.75 Å². The van der Waals surface area contributed by atoms with Crippen molar-refractivity contribution >= 4 is 27.2 Å². The fourth-order valence-electron chi connectivity index (χ4n) is 0.455. The fraction of sp³-hybridized carbons (Fsp3) is 0.143. The first kappa shape index (κ1) is 15.7. The quantitative estimate of drug-likeness (QED) is 0.524. The molecule has 0 unspecified atom stereocenters. The third-order valence-electron chi connectivity index (χ3n) is 0.854. The summed E-state index contributed by atoms with van der Waals surface area (Å²) in [7, 11) is 1.62. The summed E-state index contributed by atoms with van der Waals surface area (Å²) in [6.07, 6.45) is 0. The average molecular weight is 397 g/mol. The van der Waals surface area contributed by atoms with Crippen molar-refractivity contribution in [1.29, 1.82) is 0 Å². The minimum atomic E-state index is 0.799. The van der Waals surface area contributed by atoms with Crippen LogP contribution in [0.25, 0.3) is 0 Å². The van der Waals surface area contributed by atoms with Gasteiger partial charge in [-0.25, -0.2) is 0 Å². The van der Waals surface area contributed by atoms with Gasteiger partial charge < -0.3 is 22.9 Å². The van der Waals surface area contributed by atoms with E-state index in [1.807, 2.05) is 0 Å². The van der Waals surface area contributed by atoms with E-state index in [0.717, 1.165) is 5.75 Å². The number of rotatable bonds is 1. The Labute approximate surface area is 107 Å². The zero-order valence-electron chi connectivity index (χ0n) is 6.81. The number of hydrogen-bond acceptors (Lipinski definition) is 1. The van der Waals surface area contributed by atoms with Crippen molar-refractivity contribution in [2.45, 2.75) is 0 Å². The van der Waals surface area contributed by atoms with Gasteiger partial charge in [0.15, 0.2) is 0 Å². The van der Waals surface area contributed by atoms with Crippen LogP contribution in [-0.4, -0.2) is 7.11 Å². The second-order valence-electron chi connectivity index (χ2n) is 1.37. The molecule has 0 aliphatic heterocycles. The maximum absolute atomic E-state index is 4.85. The van der Waals surface area contributed by atoms with Crippen molar-refractivity contribution in [2.75, 3.05) is 7.11 Å². The normalized spacial score (nSPS) is 6.92. The Bertz CT molecular complexity index is 161. The molecule has 0 radical (unpaired) electrons. The van der Waals surface area contributed by atoms with Crippen LogP contribution in [0, 0.1) is 12.1 Å². The molecule has 0 aromatic heterocycles. The molecule has 1 nitrogen and oxygen atoms in total. The Kier molecular flexibility index (Phi) is 19.3. The van der Waals surface area contributed by atoms with Crippen molar-refractivity contribution in [3.05, 3.63) is 30.3 Å². The van der Waals surface area contributed by atoms with Crippen LogP contribution in [0.4, 0.5) is 0 Å². The molecule has 1 aromatic carbocycles. The summed E-state index contributed by atoms with van der Waals surface area (Å²) in [5.74, 6) is 0.799. The molecule has 0 saturated heterocycles. The molecule has 0 aliphatic rings. The fourth-order valence-corrected chi connectivity index (χ4v) is 0.455. The van der Waals surface area contributed by atoms with Gasteiger partial charge in [0.2, 0.25) is 0 Å². The number of benzene rings is 1. The van der Waals surface area contributed by atoms with Gasteiger partial charge in [0.1, 0.15) is 0 Å². The van der Waals surface area contributed by atoms with Crippen LogP contribution in [0.2, 0.25) is 0 Å². The first-order valence-electron chi connectivity index (χ1n) is 2.88. The molecule has 0 saturated carbocycles. The van der Waals surface area contributed by atoms with Crippen LogP contribution in [0.15, 0.2) is 18.2 Å². The van der Waals surface area contributed by atoms with Crippen LogP contribution in [-0.2, 0) is 32.7 Å². The Morgan fingerprint density at radius 1 is 1.17 bits per heavy atom. The summed E-state index contributed by atoms with van der Waals surface area (Å²) in [6.45, 7) is 0. The van der Waals surface area contributed by atoms with E-state index in [9.17, 15) is 0 Å². The van der Waals surface area contributed by atoms with E-state index in [0.29, 0.717) is 0 Å². The number of methoxy groups -OCH3 is 1. The number of hydrogen-bond donors (Lipinski definition) is 0. The molecule has 0 heterocycles. The molecule has 0 N–H and O–H groups in total. The van der Waals surface area contributed by atoms with Gasteiger partial charge >= 0.3 is 59.9 Å².